The zero-order valence-electron chi connectivity index (χ0n) is 29.3. The van der Waals surface area contributed by atoms with E-state index in [1.165, 1.54) is 12.0 Å². The van der Waals surface area contributed by atoms with Crippen molar-refractivity contribution in [1.82, 2.24) is 20.9 Å². The van der Waals surface area contributed by atoms with E-state index >= 15 is 0 Å². The highest BCUT2D eigenvalue weighted by Gasteiger charge is 2.50. The zero-order valence-corrected chi connectivity index (χ0v) is 29.3. The average Bonchev–Trinajstić information content (AvgIpc) is 3.68. The van der Waals surface area contributed by atoms with Gasteiger partial charge >= 0.3 is 6.03 Å². The molecule has 12 heteroatoms. The van der Waals surface area contributed by atoms with Gasteiger partial charge in [-0.05, 0) is 65.7 Å². The summed E-state index contributed by atoms with van der Waals surface area (Å²) in [6.07, 6.45) is 2.65. The van der Waals surface area contributed by atoms with Crippen molar-refractivity contribution in [2.45, 2.75) is 105 Å². The van der Waals surface area contributed by atoms with Gasteiger partial charge in [0.1, 0.15) is 17.8 Å². The first-order valence-corrected chi connectivity index (χ1v) is 16.5. The summed E-state index contributed by atoms with van der Waals surface area (Å²) in [5.41, 5.74) is 4.55. The molecule has 1 aliphatic heterocycles. The van der Waals surface area contributed by atoms with Gasteiger partial charge < -0.3 is 31.3 Å². The lowest BCUT2D eigenvalue weighted by Crippen LogP contribution is -2.62. The van der Waals surface area contributed by atoms with Gasteiger partial charge in [0.2, 0.25) is 17.6 Å². The number of Topliss-reactive ketones (excluding diaryl/α,β-unsaturated/α-hetero) is 2. The molecule has 47 heavy (non-hydrogen) atoms. The Bertz CT molecular complexity index is 1340. The maximum Gasteiger partial charge on any atom is 0.316 e. The Morgan fingerprint density at radius 3 is 1.98 bits per heavy atom. The number of nitrogens with one attached hydrogen (secondary N) is 3. The number of hydrogen-bond donors (Lipinski definition) is 4. The number of primary amides is 1. The van der Waals surface area contributed by atoms with Gasteiger partial charge in [0.05, 0.1) is 19.2 Å². The van der Waals surface area contributed by atoms with Crippen molar-refractivity contribution >= 4 is 35.3 Å². The quantitative estimate of drug-likeness (QED) is 0.186. The number of urea groups is 1. The summed E-state index contributed by atoms with van der Waals surface area (Å²) in [5, 5.41) is 8.34. The number of ketones is 2. The van der Waals surface area contributed by atoms with Crippen LogP contribution in [0.1, 0.15) is 91.4 Å². The van der Waals surface area contributed by atoms with Crippen LogP contribution in [0, 0.1) is 28.6 Å². The van der Waals surface area contributed by atoms with E-state index < -0.39 is 59.1 Å². The number of nitrogens with zero attached hydrogens (tertiary/aromatic N) is 1. The molecule has 5 amide bonds. The number of hydrogen-bond acceptors (Lipinski definition) is 7. The van der Waals surface area contributed by atoms with Crippen LogP contribution in [-0.2, 0) is 19.2 Å². The summed E-state index contributed by atoms with van der Waals surface area (Å²) in [6, 6.07) is 1.97. The second-order valence-corrected chi connectivity index (χ2v) is 15.4. The number of ether oxygens (including phenoxy) is 1. The highest BCUT2D eigenvalue weighted by atomic mass is 16.5. The number of carbonyl (C=O) groups is 6. The first kappa shape index (κ1) is 37.5. The third-order valence-corrected chi connectivity index (χ3v) is 9.20. The Morgan fingerprint density at radius 2 is 1.51 bits per heavy atom. The van der Waals surface area contributed by atoms with Crippen LogP contribution in [0.15, 0.2) is 24.3 Å². The normalized spacial score (nSPS) is 20.2. The molecule has 2 fully saturated rings. The minimum absolute atomic E-state index is 0.225. The molecule has 5 atom stereocenters. The molecule has 1 unspecified atom stereocenters. The topological polar surface area (TPSA) is 177 Å². The highest BCUT2D eigenvalue weighted by Crippen LogP contribution is 2.40. The molecule has 1 aromatic carbocycles. The fraction of sp³-hybridized carbons (Fsp3) is 0.657. The zero-order chi connectivity index (χ0) is 35.4. The van der Waals surface area contributed by atoms with E-state index in [0.29, 0.717) is 24.2 Å². The van der Waals surface area contributed by atoms with Crippen LogP contribution in [0.4, 0.5) is 4.79 Å². The number of rotatable bonds is 13. The average molecular weight is 656 g/mol. The van der Waals surface area contributed by atoms with Crippen LogP contribution in [0.25, 0.3) is 0 Å². The van der Waals surface area contributed by atoms with Crippen molar-refractivity contribution in [2.75, 3.05) is 13.7 Å². The predicted octanol–water partition coefficient (Wildman–Crippen LogP) is 3.22. The SMILES string of the molecule is COc1ccc(C(=O)[C@@H](NC(=O)N[C@H](C(=O)N2CC[C@H](C(C)(C)C)[C@H]2C(=O)NC(CC2CC2)C(=O)C(N)=O)C(C)(C)C)C(C)C)cc1. The van der Waals surface area contributed by atoms with Crippen LogP contribution < -0.4 is 26.4 Å². The van der Waals surface area contributed by atoms with Gasteiger partial charge in [-0.25, -0.2) is 4.79 Å². The smallest absolute Gasteiger partial charge is 0.316 e. The van der Waals surface area contributed by atoms with Crippen LogP contribution in [0.3, 0.4) is 0 Å². The molecule has 260 valence electrons. The number of methoxy groups -OCH3 is 1. The number of likely N-dealkylation sites (tertiary alicyclic amines) is 1. The van der Waals surface area contributed by atoms with E-state index in [9.17, 15) is 28.8 Å². The monoisotopic (exact) mass is 655 g/mol. The molecule has 1 heterocycles. The molecule has 2 aliphatic rings. The van der Waals surface area contributed by atoms with Gasteiger partial charge in [-0.15, -0.1) is 0 Å². The highest BCUT2D eigenvalue weighted by molar-refractivity contribution is 6.37. The van der Waals surface area contributed by atoms with Crippen molar-refractivity contribution in [2.24, 2.45) is 34.3 Å². The molecule has 0 bridgehead atoms. The molecule has 0 radical (unpaired) electrons. The van der Waals surface area contributed by atoms with E-state index in [4.69, 9.17) is 10.5 Å². The van der Waals surface area contributed by atoms with Crippen molar-refractivity contribution in [3.63, 3.8) is 0 Å². The first-order valence-electron chi connectivity index (χ1n) is 16.5. The van der Waals surface area contributed by atoms with Crippen LogP contribution in [0.2, 0.25) is 0 Å². The van der Waals surface area contributed by atoms with Crippen LogP contribution in [0.5, 0.6) is 5.75 Å². The van der Waals surface area contributed by atoms with E-state index in [1.54, 1.807) is 24.3 Å². The van der Waals surface area contributed by atoms with Crippen molar-refractivity contribution in [3.05, 3.63) is 29.8 Å². The molecule has 0 aromatic heterocycles. The summed E-state index contributed by atoms with van der Waals surface area (Å²) in [5.74, 6) is -2.95. The largest absolute Gasteiger partial charge is 0.497 e. The summed E-state index contributed by atoms with van der Waals surface area (Å²) in [6.45, 7) is 15.3. The van der Waals surface area contributed by atoms with Gasteiger partial charge in [-0.3, -0.25) is 24.0 Å². The Hall–Kier alpha value is -3.96. The van der Waals surface area contributed by atoms with Crippen molar-refractivity contribution in [3.8, 4) is 5.75 Å². The number of amides is 5. The third-order valence-electron chi connectivity index (χ3n) is 9.20. The molecule has 1 saturated heterocycles. The summed E-state index contributed by atoms with van der Waals surface area (Å²) < 4.78 is 5.18. The fourth-order valence-electron chi connectivity index (χ4n) is 6.22. The molecule has 1 aromatic rings. The molecular formula is C35H53N5O7. The van der Waals surface area contributed by atoms with Gasteiger partial charge in [-0.1, -0.05) is 68.2 Å². The minimum atomic E-state index is -1.11. The minimum Gasteiger partial charge on any atom is -0.497 e. The van der Waals surface area contributed by atoms with Gasteiger partial charge in [0, 0.05) is 12.1 Å². The molecule has 1 saturated carbocycles. The summed E-state index contributed by atoms with van der Waals surface area (Å²) in [7, 11) is 1.53. The Kier molecular flexibility index (Phi) is 11.9. The Balaban J connectivity index is 1.85. The van der Waals surface area contributed by atoms with Crippen LogP contribution in [-0.4, -0.2) is 78.0 Å². The van der Waals surface area contributed by atoms with Gasteiger partial charge in [0.25, 0.3) is 5.91 Å². The van der Waals surface area contributed by atoms with Gasteiger partial charge in [-0.2, -0.15) is 0 Å². The van der Waals surface area contributed by atoms with Crippen molar-refractivity contribution in [1.29, 1.82) is 0 Å². The Labute approximate surface area is 278 Å². The lowest BCUT2D eigenvalue weighted by atomic mass is 9.75. The lowest BCUT2D eigenvalue weighted by molar-refractivity contribution is -0.145. The van der Waals surface area contributed by atoms with E-state index in [0.717, 1.165) is 12.8 Å². The molecule has 0 spiro atoms. The standard InChI is InChI=1S/C35H53N5O7/c1-19(2)25(27(41)21-12-14-22(47-9)15-13-21)38-33(46)39-29(35(6,7)8)32(45)40-17-16-23(34(3,4)5)26(40)31(44)37-24(18-20-10-11-20)28(42)30(36)43/h12-15,19-20,23-26,29H,10-11,16-18H2,1-9H3,(H2,36,43)(H,37,44)(H2,38,39,46)/t23-,24?,25-,26-,29+/m0/s1. The number of benzene rings is 1. The summed E-state index contributed by atoms with van der Waals surface area (Å²) in [4.78, 5) is 81.1. The molecule has 12 nitrogen and oxygen atoms in total. The van der Waals surface area contributed by atoms with Crippen LogP contribution >= 0.6 is 0 Å². The maximum absolute atomic E-state index is 14.3. The third kappa shape index (κ3) is 9.54. The van der Waals surface area contributed by atoms with Crippen molar-refractivity contribution < 1.29 is 33.5 Å². The first-order chi connectivity index (χ1) is 21.8. The number of carbonyl (C=O) groups excluding carboxylic acids is 6. The Morgan fingerprint density at radius 1 is 0.915 bits per heavy atom. The molecule has 1 aliphatic carbocycles. The lowest BCUT2D eigenvalue weighted by Gasteiger charge is -2.39. The number of nitrogens with two attached hydrogens (primary N) is 1. The van der Waals surface area contributed by atoms with E-state index in [2.05, 4.69) is 16.0 Å². The molecule has 3 rings (SSSR count). The second kappa shape index (κ2) is 14.9. The van der Waals surface area contributed by atoms with E-state index in [-0.39, 0.29) is 35.5 Å². The maximum atomic E-state index is 14.3. The second-order valence-electron chi connectivity index (χ2n) is 15.4. The van der Waals surface area contributed by atoms with E-state index in [1.807, 2.05) is 55.4 Å². The summed E-state index contributed by atoms with van der Waals surface area (Å²) >= 11 is 0. The molecular weight excluding hydrogens is 602 g/mol. The predicted molar refractivity (Wildman–Crippen MR) is 177 cm³/mol. The van der Waals surface area contributed by atoms with Gasteiger partial charge in [0.15, 0.2) is 5.78 Å². The fourth-order valence-corrected chi connectivity index (χ4v) is 6.22. The molecule has 5 N–H and O–H groups in total.